The lowest BCUT2D eigenvalue weighted by Gasteiger charge is -2.19. The lowest BCUT2D eigenvalue weighted by Crippen LogP contribution is -2.26. The van der Waals surface area contributed by atoms with E-state index in [-0.39, 0.29) is 11.9 Å². The van der Waals surface area contributed by atoms with Crippen molar-refractivity contribution in [3.63, 3.8) is 0 Å². The van der Waals surface area contributed by atoms with Crippen molar-refractivity contribution in [2.75, 3.05) is 5.32 Å². The van der Waals surface area contributed by atoms with Crippen LogP contribution in [0.25, 0.3) is 10.9 Å². The van der Waals surface area contributed by atoms with Crippen molar-refractivity contribution in [3.05, 3.63) is 77.5 Å². The maximum Gasteiger partial charge on any atom is 0.153 e. The van der Waals surface area contributed by atoms with Gasteiger partial charge >= 0.3 is 0 Å². The highest BCUT2D eigenvalue weighted by Crippen LogP contribution is 2.30. The molecule has 3 N–H and O–H groups in total. The molecule has 2 heterocycles. The Bertz CT molecular complexity index is 1150. The molecule has 5 rings (SSSR count). The number of aromatic amines is 1. The molecular formula is C22H21FN6. The molecule has 1 atom stereocenters. The summed E-state index contributed by atoms with van der Waals surface area (Å²) in [6.07, 6.45) is 2.26. The zero-order valence-corrected chi connectivity index (χ0v) is 16.0. The van der Waals surface area contributed by atoms with Crippen molar-refractivity contribution in [3.8, 4) is 0 Å². The Morgan fingerprint density at radius 3 is 2.59 bits per heavy atom. The number of nitrogens with one attached hydrogen (secondary N) is 3. The van der Waals surface area contributed by atoms with Crippen molar-refractivity contribution in [1.82, 2.24) is 25.5 Å². The zero-order chi connectivity index (χ0) is 19.8. The van der Waals surface area contributed by atoms with E-state index in [2.05, 4.69) is 20.8 Å². The molecular weight excluding hydrogens is 367 g/mol. The number of para-hydroxylation sites is 1. The number of aromatic nitrogens is 4. The minimum absolute atomic E-state index is 0.214. The second-order valence-electron chi connectivity index (χ2n) is 7.43. The number of anilines is 2. The molecule has 4 aromatic rings. The Hall–Kier alpha value is -3.32. The summed E-state index contributed by atoms with van der Waals surface area (Å²) in [4.78, 5) is 9.68. The van der Waals surface area contributed by atoms with E-state index in [1.165, 1.54) is 12.1 Å². The van der Waals surface area contributed by atoms with Gasteiger partial charge in [-0.25, -0.2) is 14.4 Å². The predicted molar refractivity (Wildman–Crippen MR) is 111 cm³/mol. The summed E-state index contributed by atoms with van der Waals surface area (Å²) in [5, 5.41) is 15.0. The maximum atomic E-state index is 13.5. The van der Waals surface area contributed by atoms with Gasteiger partial charge in [-0.2, -0.15) is 5.10 Å². The van der Waals surface area contributed by atoms with Gasteiger partial charge in [0.15, 0.2) is 11.6 Å². The second kappa shape index (κ2) is 7.25. The minimum atomic E-state index is -0.255. The molecule has 2 aromatic heterocycles. The molecule has 1 aliphatic carbocycles. The van der Waals surface area contributed by atoms with E-state index in [0.717, 1.165) is 35.0 Å². The summed E-state index contributed by atoms with van der Waals surface area (Å²) < 4.78 is 13.5. The van der Waals surface area contributed by atoms with Gasteiger partial charge in [0.25, 0.3) is 0 Å². The number of halogens is 1. The van der Waals surface area contributed by atoms with Crippen LogP contribution >= 0.6 is 0 Å². The normalized spacial score (nSPS) is 14.8. The first-order valence-corrected chi connectivity index (χ1v) is 9.73. The fourth-order valence-corrected chi connectivity index (χ4v) is 3.38. The number of hydrogen-bond donors (Lipinski definition) is 3. The average molecular weight is 388 g/mol. The number of H-pyrrole nitrogens is 1. The summed E-state index contributed by atoms with van der Waals surface area (Å²) >= 11 is 0. The van der Waals surface area contributed by atoms with Gasteiger partial charge in [-0.05, 0) is 49.6 Å². The van der Waals surface area contributed by atoms with Crippen LogP contribution in [0.1, 0.15) is 36.0 Å². The van der Waals surface area contributed by atoms with Crippen molar-refractivity contribution < 1.29 is 4.39 Å². The molecule has 146 valence electrons. The first-order valence-electron chi connectivity index (χ1n) is 9.73. The lowest BCUT2D eigenvalue weighted by molar-refractivity contribution is 0.571. The predicted octanol–water partition coefficient (Wildman–Crippen LogP) is 4.39. The molecule has 2 aromatic carbocycles. The van der Waals surface area contributed by atoms with Crippen LogP contribution in [-0.2, 0) is 0 Å². The molecule has 1 fully saturated rings. The Balaban J connectivity index is 1.60. The Kier molecular flexibility index (Phi) is 4.44. The smallest absolute Gasteiger partial charge is 0.153 e. The molecule has 7 heteroatoms. The van der Waals surface area contributed by atoms with Gasteiger partial charge in [0.2, 0.25) is 0 Å². The molecule has 1 unspecified atom stereocenters. The van der Waals surface area contributed by atoms with Gasteiger partial charge in [-0.15, -0.1) is 0 Å². The van der Waals surface area contributed by atoms with Crippen molar-refractivity contribution >= 4 is 22.5 Å². The van der Waals surface area contributed by atoms with Gasteiger partial charge in [0, 0.05) is 23.2 Å². The average Bonchev–Trinajstić information content (AvgIpc) is 3.46. The summed E-state index contributed by atoms with van der Waals surface area (Å²) in [5.74, 6) is 1.79. The van der Waals surface area contributed by atoms with E-state index >= 15 is 0 Å². The summed E-state index contributed by atoms with van der Waals surface area (Å²) in [6, 6.07) is 16.6. The molecule has 1 saturated carbocycles. The van der Waals surface area contributed by atoms with Crippen LogP contribution in [0.2, 0.25) is 0 Å². The van der Waals surface area contributed by atoms with Gasteiger partial charge in [0.1, 0.15) is 11.6 Å². The third kappa shape index (κ3) is 3.82. The lowest BCUT2D eigenvalue weighted by atomic mass is 10.1. The van der Waals surface area contributed by atoms with E-state index in [9.17, 15) is 4.39 Å². The van der Waals surface area contributed by atoms with Crippen LogP contribution in [-0.4, -0.2) is 26.2 Å². The minimum Gasteiger partial charge on any atom is -0.323 e. The fourth-order valence-electron chi connectivity index (χ4n) is 3.38. The molecule has 1 aliphatic rings. The third-order valence-corrected chi connectivity index (χ3v) is 5.01. The van der Waals surface area contributed by atoms with Crippen LogP contribution in [0.4, 0.5) is 16.0 Å². The molecule has 0 bridgehead atoms. The summed E-state index contributed by atoms with van der Waals surface area (Å²) in [7, 11) is 0. The molecule has 0 saturated heterocycles. The Morgan fingerprint density at radius 1 is 1.07 bits per heavy atom. The molecule has 0 radical (unpaired) electrons. The highest BCUT2D eigenvalue weighted by atomic mass is 19.1. The fraction of sp³-hybridized carbons (Fsp3) is 0.227. The topological polar surface area (TPSA) is 78.5 Å². The van der Waals surface area contributed by atoms with Crippen molar-refractivity contribution in [2.45, 2.75) is 31.8 Å². The molecule has 29 heavy (non-hydrogen) atoms. The maximum absolute atomic E-state index is 13.5. The van der Waals surface area contributed by atoms with Gasteiger partial charge in [0.05, 0.1) is 11.6 Å². The van der Waals surface area contributed by atoms with Crippen LogP contribution in [0.5, 0.6) is 0 Å². The van der Waals surface area contributed by atoms with Gasteiger partial charge in [-0.3, -0.25) is 5.10 Å². The monoisotopic (exact) mass is 388 g/mol. The van der Waals surface area contributed by atoms with E-state index in [1.54, 1.807) is 12.1 Å². The Labute approximate surface area is 167 Å². The van der Waals surface area contributed by atoms with E-state index in [1.807, 2.05) is 37.3 Å². The van der Waals surface area contributed by atoms with Crippen molar-refractivity contribution in [1.29, 1.82) is 0 Å². The molecule has 6 nitrogen and oxygen atoms in total. The molecule has 0 amide bonds. The van der Waals surface area contributed by atoms with Crippen LogP contribution in [0.3, 0.4) is 0 Å². The first kappa shape index (κ1) is 17.8. The number of fused-ring (bicyclic) bond motifs is 1. The molecule has 0 aliphatic heterocycles. The van der Waals surface area contributed by atoms with Gasteiger partial charge < -0.3 is 10.6 Å². The van der Waals surface area contributed by atoms with Gasteiger partial charge in [-0.1, -0.05) is 24.3 Å². The van der Waals surface area contributed by atoms with E-state index < -0.39 is 0 Å². The Morgan fingerprint density at radius 2 is 1.86 bits per heavy atom. The number of rotatable bonds is 6. The number of nitrogens with zero attached hydrogens (tertiary/aromatic N) is 3. The highest BCUT2D eigenvalue weighted by molar-refractivity contribution is 5.90. The largest absolute Gasteiger partial charge is 0.323 e. The number of aryl methyl sites for hydroxylation is 1. The first-order chi connectivity index (χ1) is 14.2. The number of hydrogen-bond acceptors (Lipinski definition) is 5. The van der Waals surface area contributed by atoms with Crippen LogP contribution in [0.15, 0.2) is 54.6 Å². The standard InChI is InChI=1S/C22H21FN6/c1-13-12-19(29-28-13)26-21-17-4-2-3-5-18(17)25-22(27-21)20(24-16-10-11-16)14-6-8-15(23)9-7-14/h2-9,12,16,20,24H,10-11H2,1H3,(H2,25,26,27,28,29). The highest BCUT2D eigenvalue weighted by Gasteiger charge is 2.28. The number of benzene rings is 2. The van der Waals surface area contributed by atoms with Crippen LogP contribution in [0, 0.1) is 12.7 Å². The van der Waals surface area contributed by atoms with Crippen molar-refractivity contribution in [2.24, 2.45) is 0 Å². The molecule has 0 spiro atoms. The second-order valence-corrected chi connectivity index (χ2v) is 7.43. The zero-order valence-electron chi connectivity index (χ0n) is 16.0. The quantitative estimate of drug-likeness (QED) is 0.457. The van der Waals surface area contributed by atoms with Crippen LogP contribution < -0.4 is 10.6 Å². The SMILES string of the molecule is Cc1cc(Nc2nc(C(NC3CC3)c3ccc(F)cc3)nc3ccccc23)n[nH]1. The summed E-state index contributed by atoms with van der Waals surface area (Å²) in [5.41, 5.74) is 2.75. The summed E-state index contributed by atoms with van der Waals surface area (Å²) in [6.45, 7) is 1.95. The third-order valence-electron chi connectivity index (χ3n) is 5.01. The van der Waals surface area contributed by atoms with E-state index in [4.69, 9.17) is 9.97 Å². The van der Waals surface area contributed by atoms with E-state index in [0.29, 0.717) is 23.5 Å².